The van der Waals surface area contributed by atoms with Gasteiger partial charge in [-0.3, -0.25) is 9.36 Å². The zero-order valence-corrected chi connectivity index (χ0v) is 19.7. The first-order valence-electron chi connectivity index (χ1n) is 11.1. The lowest BCUT2D eigenvalue weighted by Gasteiger charge is -2.16. The molecule has 0 radical (unpaired) electrons. The third-order valence-corrected chi connectivity index (χ3v) is 6.59. The molecule has 8 heteroatoms. The largest absolute Gasteiger partial charge is 0.494 e. The average molecular weight is 469 g/mol. The Morgan fingerprint density at radius 2 is 2.15 bits per heavy atom. The van der Waals surface area contributed by atoms with Gasteiger partial charge in [-0.25, -0.2) is 9.78 Å². The molecular formula is C25H28N2O5S. The molecule has 0 aliphatic carbocycles. The molecule has 174 valence electrons. The zero-order chi connectivity index (χ0) is 23.2. The van der Waals surface area contributed by atoms with Crippen LogP contribution in [0, 0.1) is 6.92 Å². The van der Waals surface area contributed by atoms with E-state index in [1.54, 1.807) is 22.8 Å². The van der Waals surface area contributed by atoms with Crippen LogP contribution < -0.4 is 10.3 Å². The van der Waals surface area contributed by atoms with Gasteiger partial charge < -0.3 is 14.2 Å². The Morgan fingerprint density at radius 1 is 1.27 bits per heavy atom. The number of thioether (sulfide) groups is 1. The first-order chi connectivity index (χ1) is 16.0. The third kappa shape index (κ3) is 5.75. The van der Waals surface area contributed by atoms with Crippen molar-refractivity contribution in [1.29, 1.82) is 0 Å². The number of carbonyl (C=O) groups is 1. The topological polar surface area (TPSA) is 79.7 Å². The summed E-state index contributed by atoms with van der Waals surface area (Å²) in [5.74, 6) is 1.14. The van der Waals surface area contributed by atoms with E-state index in [1.807, 2.05) is 31.2 Å². The van der Waals surface area contributed by atoms with Crippen molar-refractivity contribution in [2.75, 3.05) is 26.1 Å². The molecule has 33 heavy (non-hydrogen) atoms. The number of fused-ring (bicyclic) bond motifs is 1. The van der Waals surface area contributed by atoms with Crippen LogP contribution in [0.25, 0.3) is 10.9 Å². The predicted molar refractivity (Wildman–Crippen MR) is 128 cm³/mol. The minimum Gasteiger partial charge on any atom is -0.494 e. The Balaban J connectivity index is 1.52. The molecule has 7 nitrogen and oxygen atoms in total. The molecule has 1 aliphatic rings. The second-order valence-corrected chi connectivity index (χ2v) is 9.10. The molecule has 0 spiro atoms. The molecule has 3 aromatic rings. The highest BCUT2D eigenvalue weighted by molar-refractivity contribution is 7.99. The van der Waals surface area contributed by atoms with Gasteiger partial charge in [0.2, 0.25) is 0 Å². The molecule has 0 saturated carbocycles. The number of benzene rings is 2. The van der Waals surface area contributed by atoms with Gasteiger partial charge in [0.15, 0.2) is 5.16 Å². The number of nitrogens with zero attached hydrogens (tertiary/aromatic N) is 2. The van der Waals surface area contributed by atoms with Crippen LogP contribution in [0.4, 0.5) is 0 Å². The minimum absolute atomic E-state index is 0.0142. The van der Waals surface area contributed by atoms with Crippen LogP contribution >= 0.6 is 11.8 Å². The highest BCUT2D eigenvalue weighted by Crippen LogP contribution is 2.23. The van der Waals surface area contributed by atoms with Crippen molar-refractivity contribution >= 4 is 28.6 Å². The van der Waals surface area contributed by atoms with E-state index < -0.39 is 5.97 Å². The first kappa shape index (κ1) is 23.3. The molecule has 0 amide bonds. The number of carbonyl (C=O) groups excluding carboxylic acids is 1. The molecule has 1 aromatic heterocycles. The number of methoxy groups -OCH3 is 1. The predicted octanol–water partition coefficient (Wildman–Crippen LogP) is 4.23. The van der Waals surface area contributed by atoms with Crippen molar-refractivity contribution in [2.45, 2.75) is 44.0 Å². The quantitative estimate of drug-likeness (QED) is 0.201. The molecule has 2 aromatic carbocycles. The molecule has 0 bridgehead atoms. The SMILES string of the molecule is COC(=O)c1ccc2c(=O)n(CC3CCCO3)c(SCCCOc3cccc(C)c3)nc2c1. The summed E-state index contributed by atoms with van der Waals surface area (Å²) >= 11 is 1.52. The number of rotatable bonds is 9. The second kappa shape index (κ2) is 10.9. The molecule has 1 aliphatic heterocycles. The summed E-state index contributed by atoms with van der Waals surface area (Å²) < 4.78 is 18.1. The zero-order valence-electron chi connectivity index (χ0n) is 18.9. The van der Waals surface area contributed by atoms with Gasteiger partial charge in [-0.2, -0.15) is 0 Å². The molecule has 1 unspecified atom stereocenters. The van der Waals surface area contributed by atoms with E-state index in [-0.39, 0.29) is 11.7 Å². The van der Waals surface area contributed by atoms with Crippen LogP contribution in [0.15, 0.2) is 52.4 Å². The van der Waals surface area contributed by atoms with Crippen molar-refractivity contribution in [3.63, 3.8) is 0 Å². The van der Waals surface area contributed by atoms with Crippen molar-refractivity contribution in [1.82, 2.24) is 9.55 Å². The van der Waals surface area contributed by atoms with E-state index in [0.717, 1.165) is 42.9 Å². The van der Waals surface area contributed by atoms with Crippen LogP contribution in [0.3, 0.4) is 0 Å². The number of aryl methyl sites for hydroxylation is 1. The Morgan fingerprint density at radius 3 is 2.91 bits per heavy atom. The molecular weight excluding hydrogens is 440 g/mol. The normalized spacial score (nSPS) is 15.6. The number of hydrogen-bond donors (Lipinski definition) is 0. The Hall–Kier alpha value is -2.84. The van der Waals surface area contributed by atoms with E-state index in [1.165, 1.54) is 18.9 Å². The van der Waals surface area contributed by atoms with E-state index in [0.29, 0.717) is 34.8 Å². The maximum absolute atomic E-state index is 13.3. The summed E-state index contributed by atoms with van der Waals surface area (Å²) in [5.41, 5.74) is 1.90. The van der Waals surface area contributed by atoms with E-state index in [2.05, 4.69) is 0 Å². The summed E-state index contributed by atoms with van der Waals surface area (Å²) in [6.45, 7) is 3.81. The molecule has 1 atom stereocenters. The standard InChI is InChI=1S/C25H28N2O5S/c1-17-6-3-7-19(14-17)31-12-5-13-33-25-26-22-15-18(24(29)30-2)9-10-21(22)23(28)27(25)16-20-8-4-11-32-20/h3,6-7,9-10,14-15,20H,4-5,8,11-13,16H2,1-2H3. The van der Waals surface area contributed by atoms with Gasteiger partial charge in [0.05, 0.1) is 42.8 Å². The van der Waals surface area contributed by atoms with Gasteiger partial charge in [0.1, 0.15) is 5.75 Å². The minimum atomic E-state index is -0.454. The fourth-order valence-corrected chi connectivity index (χ4v) is 4.75. The van der Waals surface area contributed by atoms with Gasteiger partial charge >= 0.3 is 5.97 Å². The Labute approximate surface area is 197 Å². The van der Waals surface area contributed by atoms with E-state index in [4.69, 9.17) is 19.2 Å². The van der Waals surface area contributed by atoms with Gasteiger partial charge in [0, 0.05) is 12.4 Å². The summed E-state index contributed by atoms with van der Waals surface area (Å²) in [4.78, 5) is 30.0. The summed E-state index contributed by atoms with van der Waals surface area (Å²) in [7, 11) is 1.33. The van der Waals surface area contributed by atoms with Crippen LogP contribution in [0.2, 0.25) is 0 Å². The van der Waals surface area contributed by atoms with Crippen LogP contribution in [0.5, 0.6) is 5.75 Å². The lowest BCUT2D eigenvalue weighted by molar-refractivity contribution is 0.0601. The fraction of sp³-hybridized carbons (Fsp3) is 0.400. The molecule has 0 N–H and O–H groups in total. The molecule has 1 saturated heterocycles. The van der Waals surface area contributed by atoms with E-state index in [9.17, 15) is 9.59 Å². The van der Waals surface area contributed by atoms with Crippen LogP contribution in [0.1, 0.15) is 35.2 Å². The first-order valence-corrected chi connectivity index (χ1v) is 12.1. The Bertz CT molecular complexity index is 1190. The van der Waals surface area contributed by atoms with Crippen LogP contribution in [-0.4, -0.2) is 47.7 Å². The number of hydrogen-bond acceptors (Lipinski definition) is 7. The smallest absolute Gasteiger partial charge is 0.337 e. The van der Waals surface area contributed by atoms with Crippen molar-refractivity contribution in [3.05, 3.63) is 63.9 Å². The fourth-order valence-electron chi connectivity index (χ4n) is 3.83. The highest BCUT2D eigenvalue weighted by atomic mass is 32.2. The summed E-state index contributed by atoms with van der Waals surface area (Å²) in [6.07, 6.45) is 2.75. The lowest BCUT2D eigenvalue weighted by atomic mass is 10.1. The molecule has 1 fully saturated rings. The maximum atomic E-state index is 13.3. The Kier molecular flexibility index (Phi) is 7.67. The molecule has 2 heterocycles. The van der Waals surface area contributed by atoms with Gasteiger partial charge in [0.25, 0.3) is 5.56 Å². The monoisotopic (exact) mass is 468 g/mol. The van der Waals surface area contributed by atoms with Crippen molar-refractivity contribution < 1.29 is 19.0 Å². The highest BCUT2D eigenvalue weighted by Gasteiger charge is 2.21. The average Bonchev–Trinajstić information content (AvgIpc) is 3.33. The number of aromatic nitrogens is 2. The summed E-state index contributed by atoms with van der Waals surface area (Å²) in [5, 5.41) is 1.10. The number of ether oxygens (including phenoxy) is 3. The van der Waals surface area contributed by atoms with Gasteiger partial charge in [-0.15, -0.1) is 0 Å². The van der Waals surface area contributed by atoms with Gasteiger partial charge in [-0.1, -0.05) is 23.9 Å². The van der Waals surface area contributed by atoms with Crippen molar-refractivity contribution in [2.24, 2.45) is 0 Å². The number of esters is 1. The van der Waals surface area contributed by atoms with Crippen LogP contribution in [-0.2, 0) is 16.0 Å². The third-order valence-electron chi connectivity index (χ3n) is 5.53. The molecule has 4 rings (SSSR count). The van der Waals surface area contributed by atoms with Gasteiger partial charge in [-0.05, 0) is 62.1 Å². The summed E-state index contributed by atoms with van der Waals surface area (Å²) in [6, 6.07) is 12.8. The second-order valence-electron chi connectivity index (χ2n) is 8.04. The lowest BCUT2D eigenvalue weighted by Crippen LogP contribution is -2.29. The maximum Gasteiger partial charge on any atom is 0.337 e. The van der Waals surface area contributed by atoms with E-state index >= 15 is 0 Å². The van der Waals surface area contributed by atoms with Crippen molar-refractivity contribution in [3.8, 4) is 5.75 Å².